The van der Waals surface area contributed by atoms with Crippen molar-refractivity contribution in [3.8, 4) is 0 Å². The first-order valence-electron chi connectivity index (χ1n) is 8.23. The van der Waals surface area contributed by atoms with Crippen LogP contribution < -0.4 is 5.32 Å². The number of allylic oxidation sites excluding steroid dienone is 1. The monoisotopic (exact) mass is 307 g/mol. The fraction of sp³-hybridized carbons (Fsp3) is 0.765. The largest absolute Gasteiger partial charge is 0.358 e. The Bertz CT molecular complexity index is 474. The van der Waals surface area contributed by atoms with Gasteiger partial charge in [-0.05, 0) is 31.6 Å². The van der Waals surface area contributed by atoms with Crippen molar-refractivity contribution in [2.24, 2.45) is 5.41 Å². The predicted octanol–water partition coefficient (Wildman–Crippen LogP) is 1.40. The molecule has 1 N–H and O–H groups in total. The lowest BCUT2D eigenvalue weighted by Gasteiger charge is -2.37. The van der Waals surface area contributed by atoms with Gasteiger partial charge in [-0.1, -0.05) is 19.4 Å². The van der Waals surface area contributed by atoms with Gasteiger partial charge in [-0.15, -0.1) is 0 Å². The summed E-state index contributed by atoms with van der Waals surface area (Å²) in [7, 11) is 1.65. The molecule has 2 amide bonds. The molecule has 0 atom stereocenters. The molecule has 22 heavy (non-hydrogen) atoms. The van der Waals surface area contributed by atoms with Crippen molar-refractivity contribution in [1.29, 1.82) is 0 Å². The third-order valence-corrected chi connectivity index (χ3v) is 4.87. The van der Waals surface area contributed by atoms with Crippen molar-refractivity contribution < 1.29 is 9.59 Å². The van der Waals surface area contributed by atoms with Crippen molar-refractivity contribution in [2.45, 2.75) is 40.0 Å². The van der Waals surface area contributed by atoms with Gasteiger partial charge in [-0.2, -0.15) is 0 Å². The molecule has 0 radical (unpaired) electrons. The maximum absolute atomic E-state index is 12.7. The number of nitrogens with zero attached hydrogens (tertiary/aromatic N) is 2. The molecule has 0 bridgehead atoms. The van der Waals surface area contributed by atoms with Gasteiger partial charge in [0.25, 0.3) is 0 Å². The number of amides is 2. The van der Waals surface area contributed by atoms with Crippen LogP contribution in [0.15, 0.2) is 11.1 Å². The normalized spacial score (nSPS) is 22.6. The Labute approximate surface area is 133 Å². The fourth-order valence-electron chi connectivity index (χ4n) is 3.46. The Kier molecular flexibility index (Phi) is 5.27. The summed E-state index contributed by atoms with van der Waals surface area (Å²) < 4.78 is 0. The second kappa shape index (κ2) is 6.82. The summed E-state index contributed by atoms with van der Waals surface area (Å²) in [5, 5.41) is 2.64. The van der Waals surface area contributed by atoms with Crippen LogP contribution in [0.3, 0.4) is 0 Å². The van der Waals surface area contributed by atoms with E-state index in [1.807, 2.05) is 4.90 Å². The molecule has 5 nitrogen and oxygen atoms in total. The number of hydrogen-bond donors (Lipinski definition) is 1. The van der Waals surface area contributed by atoms with E-state index in [1.165, 1.54) is 5.57 Å². The van der Waals surface area contributed by atoms with E-state index >= 15 is 0 Å². The number of nitrogens with one attached hydrogen (secondary N) is 1. The molecule has 1 aliphatic carbocycles. The molecule has 5 heteroatoms. The Morgan fingerprint density at radius 1 is 1.18 bits per heavy atom. The van der Waals surface area contributed by atoms with Gasteiger partial charge in [0.1, 0.15) is 0 Å². The highest BCUT2D eigenvalue weighted by Gasteiger charge is 2.31. The smallest absolute Gasteiger partial charge is 0.249 e. The van der Waals surface area contributed by atoms with Gasteiger partial charge < -0.3 is 10.2 Å². The van der Waals surface area contributed by atoms with E-state index in [-0.39, 0.29) is 11.8 Å². The Balaban J connectivity index is 1.91. The van der Waals surface area contributed by atoms with E-state index in [9.17, 15) is 9.59 Å². The molecule has 2 aliphatic rings. The maximum atomic E-state index is 12.7. The molecular weight excluding hydrogens is 278 g/mol. The molecule has 1 heterocycles. The average Bonchev–Trinajstić information content (AvgIpc) is 2.46. The third kappa shape index (κ3) is 4.09. The van der Waals surface area contributed by atoms with Crippen LogP contribution >= 0.6 is 0 Å². The van der Waals surface area contributed by atoms with E-state index in [0.29, 0.717) is 12.0 Å². The first kappa shape index (κ1) is 17.0. The molecule has 1 saturated heterocycles. The molecule has 124 valence electrons. The number of carbonyl (C=O) groups is 2. The molecule has 0 aromatic carbocycles. The SMILES string of the molecule is CNC(=O)CN1CCN(C(=O)C2=C(C)CC(C)(C)CC2)CC1. The molecule has 1 aliphatic heterocycles. The Hall–Kier alpha value is -1.36. The molecule has 1 fully saturated rings. The molecule has 0 unspecified atom stereocenters. The van der Waals surface area contributed by atoms with Crippen LogP contribution in [0.2, 0.25) is 0 Å². The van der Waals surface area contributed by atoms with Crippen LogP contribution in [0.1, 0.15) is 40.0 Å². The van der Waals surface area contributed by atoms with E-state index in [0.717, 1.165) is 51.0 Å². The minimum atomic E-state index is 0.0350. The zero-order valence-electron chi connectivity index (χ0n) is 14.4. The zero-order valence-corrected chi connectivity index (χ0v) is 14.4. The lowest BCUT2D eigenvalue weighted by Crippen LogP contribution is -2.51. The summed E-state index contributed by atoms with van der Waals surface area (Å²) in [5.74, 6) is 0.250. The predicted molar refractivity (Wildman–Crippen MR) is 87.4 cm³/mol. The van der Waals surface area contributed by atoms with E-state index in [4.69, 9.17) is 0 Å². The number of piperazine rings is 1. The lowest BCUT2D eigenvalue weighted by molar-refractivity contribution is -0.129. The van der Waals surface area contributed by atoms with Crippen molar-refractivity contribution >= 4 is 11.8 Å². The van der Waals surface area contributed by atoms with E-state index < -0.39 is 0 Å². The van der Waals surface area contributed by atoms with Gasteiger partial charge in [0.15, 0.2) is 0 Å². The van der Waals surface area contributed by atoms with E-state index in [1.54, 1.807) is 7.05 Å². The van der Waals surface area contributed by atoms with E-state index in [2.05, 4.69) is 31.0 Å². The molecule has 0 aromatic heterocycles. The highest BCUT2D eigenvalue weighted by atomic mass is 16.2. The second-order valence-electron chi connectivity index (χ2n) is 7.34. The standard InChI is InChI=1S/C17H29N3O2/c1-13-11-17(2,3)6-5-14(13)16(22)20-9-7-19(8-10-20)12-15(21)18-4/h5-12H2,1-4H3,(H,18,21). The van der Waals surface area contributed by atoms with Crippen molar-refractivity contribution in [3.05, 3.63) is 11.1 Å². The maximum Gasteiger partial charge on any atom is 0.249 e. The quantitative estimate of drug-likeness (QED) is 0.857. The average molecular weight is 307 g/mol. The topological polar surface area (TPSA) is 52.7 Å². The second-order valence-corrected chi connectivity index (χ2v) is 7.34. The van der Waals surface area contributed by atoms with Gasteiger partial charge in [-0.25, -0.2) is 0 Å². The van der Waals surface area contributed by atoms with Gasteiger partial charge in [0.05, 0.1) is 6.54 Å². The van der Waals surface area contributed by atoms with Crippen LogP contribution in [-0.2, 0) is 9.59 Å². The van der Waals surface area contributed by atoms with Crippen LogP contribution in [0.5, 0.6) is 0 Å². The minimum absolute atomic E-state index is 0.0350. The van der Waals surface area contributed by atoms with Gasteiger partial charge in [-0.3, -0.25) is 14.5 Å². The third-order valence-electron chi connectivity index (χ3n) is 4.87. The van der Waals surface area contributed by atoms with Crippen LogP contribution in [-0.4, -0.2) is 61.4 Å². The van der Waals surface area contributed by atoms with Gasteiger partial charge >= 0.3 is 0 Å². The number of likely N-dealkylation sites (N-methyl/N-ethyl adjacent to an activating group) is 1. The minimum Gasteiger partial charge on any atom is -0.358 e. The summed E-state index contributed by atoms with van der Waals surface area (Å²) in [4.78, 5) is 28.2. The van der Waals surface area contributed by atoms with Gasteiger partial charge in [0.2, 0.25) is 11.8 Å². The Morgan fingerprint density at radius 2 is 1.82 bits per heavy atom. The van der Waals surface area contributed by atoms with Crippen LogP contribution in [0.25, 0.3) is 0 Å². The summed E-state index contributed by atoms with van der Waals surface area (Å²) in [5.41, 5.74) is 2.60. The molecule has 0 saturated carbocycles. The summed E-state index contributed by atoms with van der Waals surface area (Å²) in [6.45, 7) is 10.1. The Morgan fingerprint density at radius 3 is 2.36 bits per heavy atom. The first-order chi connectivity index (χ1) is 10.3. The fourth-order valence-corrected chi connectivity index (χ4v) is 3.46. The van der Waals surface area contributed by atoms with Crippen molar-refractivity contribution in [1.82, 2.24) is 15.1 Å². The number of rotatable bonds is 3. The number of hydrogen-bond acceptors (Lipinski definition) is 3. The first-order valence-corrected chi connectivity index (χ1v) is 8.23. The van der Waals surface area contributed by atoms with Crippen LogP contribution in [0.4, 0.5) is 0 Å². The lowest BCUT2D eigenvalue weighted by atomic mass is 9.74. The molecule has 0 aromatic rings. The summed E-state index contributed by atoms with van der Waals surface area (Å²) in [6.07, 6.45) is 3.00. The van der Waals surface area contributed by atoms with Crippen molar-refractivity contribution in [3.63, 3.8) is 0 Å². The molecule has 0 spiro atoms. The van der Waals surface area contributed by atoms with Crippen LogP contribution in [0, 0.1) is 5.41 Å². The van der Waals surface area contributed by atoms with Crippen molar-refractivity contribution in [2.75, 3.05) is 39.8 Å². The summed E-state index contributed by atoms with van der Waals surface area (Å²) in [6, 6.07) is 0. The highest BCUT2D eigenvalue weighted by molar-refractivity contribution is 5.94. The zero-order chi connectivity index (χ0) is 16.3. The summed E-state index contributed by atoms with van der Waals surface area (Å²) >= 11 is 0. The molecular formula is C17H29N3O2. The van der Waals surface area contributed by atoms with Gasteiger partial charge in [0, 0.05) is 38.8 Å². The highest BCUT2D eigenvalue weighted by Crippen LogP contribution is 2.38. The number of carbonyl (C=O) groups excluding carboxylic acids is 2. The molecule has 2 rings (SSSR count).